The van der Waals surface area contributed by atoms with E-state index in [1.807, 2.05) is 31.2 Å². The molecule has 2 heterocycles. The van der Waals surface area contributed by atoms with Gasteiger partial charge in [-0.15, -0.1) is 0 Å². The Bertz CT molecular complexity index is 1040. The van der Waals surface area contributed by atoms with E-state index in [4.69, 9.17) is 0 Å². The Morgan fingerprint density at radius 1 is 1.32 bits per heavy atom. The quantitative estimate of drug-likeness (QED) is 0.451. The lowest BCUT2D eigenvalue weighted by Gasteiger charge is -2.05. The van der Waals surface area contributed by atoms with Crippen molar-refractivity contribution in [2.45, 2.75) is 13.5 Å². The first kappa shape index (κ1) is 16.7. The number of aryl methyl sites for hydroxylation is 2. The van der Waals surface area contributed by atoms with Gasteiger partial charge in [0.15, 0.2) is 11.2 Å². The van der Waals surface area contributed by atoms with Crippen LogP contribution in [0.5, 0.6) is 0 Å². The van der Waals surface area contributed by atoms with Gasteiger partial charge >= 0.3 is 5.69 Å². The molecule has 0 bridgehead atoms. The highest BCUT2D eigenvalue weighted by atomic mass is 16.3. The van der Waals surface area contributed by atoms with Gasteiger partial charge < -0.3 is 9.67 Å². The van der Waals surface area contributed by atoms with E-state index >= 15 is 0 Å². The fourth-order valence-corrected chi connectivity index (χ4v) is 2.45. The molecular weight excluding hydrogens is 324 g/mol. The average Bonchev–Trinajstić information content (AvgIpc) is 2.94. The van der Waals surface area contributed by atoms with Gasteiger partial charge in [0.1, 0.15) is 0 Å². The zero-order chi connectivity index (χ0) is 18.0. The molecule has 0 atom stereocenters. The maximum atomic E-state index is 12.1. The number of H-pyrrole nitrogens is 1. The molecule has 0 aliphatic carbocycles. The summed E-state index contributed by atoms with van der Waals surface area (Å²) in [7, 11) is 1.51. The lowest BCUT2D eigenvalue weighted by molar-refractivity contribution is 0.278. The molecule has 130 valence electrons. The number of aliphatic hydroxyl groups is 1. The Morgan fingerprint density at radius 3 is 2.72 bits per heavy atom. The Balaban J connectivity index is 2.00. The maximum Gasteiger partial charge on any atom is 0.329 e. The molecule has 0 spiro atoms. The minimum atomic E-state index is -0.561. The predicted octanol–water partition coefficient (Wildman–Crippen LogP) is 0.170. The number of nitrogens with one attached hydrogen (secondary N) is 2. The second kappa shape index (κ2) is 6.73. The topological polar surface area (TPSA) is 117 Å². The SMILES string of the molecule is Cc1ccc(/C=N\Nc2nc3c(c(=O)[nH]c(=O)n3C)n2CCO)cc1. The summed E-state index contributed by atoms with van der Waals surface area (Å²) < 4.78 is 2.72. The number of rotatable bonds is 5. The minimum absolute atomic E-state index is 0.139. The van der Waals surface area contributed by atoms with E-state index in [-0.39, 0.29) is 30.3 Å². The second-order valence-corrected chi connectivity index (χ2v) is 5.58. The average molecular weight is 342 g/mol. The largest absolute Gasteiger partial charge is 0.395 e. The Kier molecular flexibility index (Phi) is 4.48. The predicted molar refractivity (Wildman–Crippen MR) is 95.1 cm³/mol. The normalized spacial score (nSPS) is 11.5. The van der Waals surface area contributed by atoms with Crippen LogP contribution in [0.15, 0.2) is 39.0 Å². The first-order chi connectivity index (χ1) is 12.0. The highest BCUT2D eigenvalue weighted by molar-refractivity contribution is 5.80. The van der Waals surface area contributed by atoms with Gasteiger partial charge in [0, 0.05) is 13.6 Å². The number of hydrogen-bond donors (Lipinski definition) is 3. The number of nitrogens with zero attached hydrogens (tertiary/aromatic N) is 4. The number of imidazole rings is 1. The van der Waals surface area contributed by atoms with Crippen LogP contribution in [0.25, 0.3) is 11.2 Å². The number of aromatic nitrogens is 4. The monoisotopic (exact) mass is 342 g/mol. The van der Waals surface area contributed by atoms with Crippen molar-refractivity contribution in [2.24, 2.45) is 12.1 Å². The molecule has 3 rings (SSSR count). The number of hydrazone groups is 1. The van der Waals surface area contributed by atoms with E-state index in [9.17, 15) is 14.7 Å². The van der Waals surface area contributed by atoms with Crippen LogP contribution >= 0.6 is 0 Å². The molecule has 0 radical (unpaired) electrons. The molecule has 0 amide bonds. The van der Waals surface area contributed by atoms with Crippen LogP contribution in [-0.2, 0) is 13.6 Å². The molecule has 2 aromatic heterocycles. The number of aromatic amines is 1. The first-order valence-corrected chi connectivity index (χ1v) is 7.67. The summed E-state index contributed by atoms with van der Waals surface area (Å²) in [6.45, 7) is 1.95. The first-order valence-electron chi connectivity index (χ1n) is 7.67. The third-order valence-electron chi connectivity index (χ3n) is 3.79. The van der Waals surface area contributed by atoms with Gasteiger partial charge in [0.25, 0.3) is 5.56 Å². The van der Waals surface area contributed by atoms with Gasteiger partial charge in [0.05, 0.1) is 12.8 Å². The van der Waals surface area contributed by atoms with Crippen molar-refractivity contribution in [3.63, 3.8) is 0 Å². The summed E-state index contributed by atoms with van der Waals surface area (Å²) in [6, 6.07) is 7.78. The second-order valence-electron chi connectivity index (χ2n) is 5.58. The van der Waals surface area contributed by atoms with Crippen LogP contribution in [0.4, 0.5) is 5.95 Å². The molecule has 0 saturated heterocycles. The van der Waals surface area contributed by atoms with E-state index in [1.165, 1.54) is 16.2 Å². The molecule has 0 unspecified atom stereocenters. The van der Waals surface area contributed by atoms with Crippen LogP contribution in [0.3, 0.4) is 0 Å². The number of hydrogen-bond acceptors (Lipinski definition) is 6. The lowest BCUT2D eigenvalue weighted by Crippen LogP contribution is -2.29. The van der Waals surface area contributed by atoms with Crippen molar-refractivity contribution in [1.82, 2.24) is 19.1 Å². The summed E-state index contributed by atoms with van der Waals surface area (Å²) in [5.41, 5.74) is 4.11. The van der Waals surface area contributed by atoms with E-state index in [0.717, 1.165) is 11.1 Å². The molecule has 25 heavy (non-hydrogen) atoms. The number of fused-ring (bicyclic) bond motifs is 1. The summed E-state index contributed by atoms with van der Waals surface area (Å²) in [5.74, 6) is 0.263. The van der Waals surface area contributed by atoms with Crippen LogP contribution in [-0.4, -0.2) is 37.0 Å². The summed E-state index contributed by atoms with van der Waals surface area (Å²) in [6.07, 6.45) is 1.62. The molecule has 3 aromatic rings. The Labute approximate surface area is 142 Å². The van der Waals surface area contributed by atoms with Gasteiger partial charge in [-0.3, -0.25) is 14.3 Å². The lowest BCUT2D eigenvalue weighted by atomic mass is 10.2. The zero-order valence-electron chi connectivity index (χ0n) is 13.9. The molecule has 0 aliphatic heterocycles. The fourth-order valence-electron chi connectivity index (χ4n) is 2.45. The van der Waals surface area contributed by atoms with Crippen LogP contribution < -0.4 is 16.7 Å². The van der Waals surface area contributed by atoms with Gasteiger partial charge in [-0.1, -0.05) is 29.8 Å². The van der Waals surface area contributed by atoms with Crippen molar-refractivity contribution in [1.29, 1.82) is 0 Å². The maximum absolute atomic E-state index is 12.1. The van der Waals surface area contributed by atoms with Crippen molar-refractivity contribution < 1.29 is 5.11 Å². The van der Waals surface area contributed by atoms with Crippen LogP contribution in [0.2, 0.25) is 0 Å². The van der Waals surface area contributed by atoms with Crippen LogP contribution in [0, 0.1) is 6.92 Å². The summed E-state index contributed by atoms with van der Waals surface area (Å²) in [5, 5.41) is 13.4. The van der Waals surface area contributed by atoms with Crippen LogP contribution in [0.1, 0.15) is 11.1 Å². The molecule has 0 saturated carbocycles. The summed E-state index contributed by atoms with van der Waals surface area (Å²) in [4.78, 5) is 30.3. The van der Waals surface area contributed by atoms with Gasteiger partial charge in [-0.25, -0.2) is 10.2 Å². The van der Waals surface area contributed by atoms with E-state index in [1.54, 1.807) is 6.21 Å². The van der Waals surface area contributed by atoms with Gasteiger partial charge in [-0.05, 0) is 12.5 Å². The third kappa shape index (κ3) is 3.22. The molecule has 1 aromatic carbocycles. The van der Waals surface area contributed by atoms with Crippen molar-refractivity contribution in [3.05, 3.63) is 56.2 Å². The number of benzene rings is 1. The molecular formula is C16H18N6O3. The highest BCUT2D eigenvalue weighted by Gasteiger charge is 2.16. The zero-order valence-corrected chi connectivity index (χ0v) is 13.9. The smallest absolute Gasteiger partial charge is 0.329 e. The fraction of sp³-hybridized carbons (Fsp3) is 0.250. The van der Waals surface area contributed by atoms with Gasteiger partial charge in [0.2, 0.25) is 5.95 Å². The molecule has 0 fully saturated rings. The van der Waals surface area contributed by atoms with E-state index in [2.05, 4.69) is 20.5 Å². The highest BCUT2D eigenvalue weighted by Crippen LogP contribution is 2.15. The standard InChI is InChI=1S/C16H18N6O3/c1-10-3-5-11(6-4-10)9-17-20-15-18-13-12(22(15)7-8-23)14(24)19-16(25)21(13)2/h3-6,9,23H,7-8H2,1-2H3,(H,18,20)(H,19,24,25)/b17-9-. The van der Waals surface area contributed by atoms with Gasteiger partial charge in [-0.2, -0.15) is 10.1 Å². The van der Waals surface area contributed by atoms with Crippen molar-refractivity contribution >= 4 is 23.3 Å². The third-order valence-corrected chi connectivity index (χ3v) is 3.79. The van der Waals surface area contributed by atoms with E-state index < -0.39 is 11.2 Å². The van der Waals surface area contributed by atoms with E-state index in [0.29, 0.717) is 0 Å². The van der Waals surface area contributed by atoms with Crippen molar-refractivity contribution in [3.8, 4) is 0 Å². The molecule has 0 aliphatic rings. The Hall–Kier alpha value is -3.20. The number of aliphatic hydroxyl groups excluding tert-OH is 1. The summed E-state index contributed by atoms with van der Waals surface area (Å²) >= 11 is 0. The molecule has 3 N–H and O–H groups in total. The van der Waals surface area contributed by atoms with Crippen molar-refractivity contribution in [2.75, 3.05) is 12.0 Å². The molecule has 9 nitrogen and oxygen atoms in total. The Morgan fingerprint density at radius 2 is 2.04 bits per heavy atom. The minimum Gasteiger partial charge on any atom is -0.395 e. The number of anilines is 1. The molecule has 9 heteroatoms.